The Morgan fingerprint density at radius 1 is 0.905 bits per heavy atom. The van der Waals surface area contributed by atoms with Gasteiger partial charge in [-0.15, -0.1) is 0 Å². The summed E-state index contributed by atoms with van der Waals surface area (Å²) in [6.45, 7) is 3.63. The van der Waals surface area contributed by atoms with Crippen molar-refractivity contribution in [3.05, 3.63) is 101 Å². The molecule has 2 atom stereocenters. The zero-order valence-electron chi connectivity index (χ0n) is 23.9. The fraction of sp³-hybridized carbons (Fsp3) is 0.355. The standard InChI is InChI=1S/C31H36F3N3O4S/c1-4-22(2)35-31(39)29(19-23-9-6-5-7-10-23)36(21-24-12-14-25(32)15-13-24)30(38)11-8-18-37(42(3,40)41)26-16-17-27(33)28(34)20-26/h5-7,9-10,12-17,20,22,29H,4,8,11,18-19,21H2,1-3H3,(H,35,39)/t22-,29-/m0/s1. The highest BCUT2D eigenvalue weighted by Gasteiger charge is 2.31. The van der Waals surface area contributed by atoms with E-state index in [9.17, 15) is 31.2 Å². The number of nitrogens with zero attached hydrogens (tertiary/aromatic N) is 2. The van der Waals surface area contributed by atoms with Crippen LogP contribution in [0.25, 0.3) is 0 Å². The molecule has 0 heterocycles. The quantitative estimate of drug-likeness (QED) is 0.274. The van der Waals surface area contributed by atoms with Crippen LogP contribution >= 0.6 is 0 Å². The molecule has 0 aliphatic rings. The van der Waals surface area contributed by atoms with Gasteiger partial charge in [0.1, 0.15) is 11.9 Å². The average Bonchev–Trinajstić information content (AvgIpc) is 2.95. The van der Waals surface area contributed by atoms with Crippen LogP contribution in [0.1, 0.15) is 44.2 Å². The molecular weight excluding hydrogens is 567 g/mol. The first-order valence-corrected chi connectivity index (χ1v) is 15.5. The maximum absolute atomic E-state index is 13.9. The van der Waals surface area contributed by atoms with E-state index in [1.165, 1.54) is 29.2 Å². The summed E-state index contributed by atoms with van der Waals surface area (Å²) in [6.07, 6.45) is 1.74. The van der Waals surface area contributed by atoms with Crippen molar-refractivity contribution in [1.82, 2.24) is 10.2 Å². The van der Waals surface area contributed by atoms with Gasteiger partial charge in [0.05, 0.1) is 11.9 Å². The number of amides is 2. The summed E-state index contributed by atoms with van der Waals surface area (Å²) in [5.74, 6) is -3.51. The van der Waals surface area contributed by atoms with Crippen LogP contribution in [0.3, 0.4) is 0 Å². The first kappa shape index (κ1) is 32.7. The lowest BCUT2D eigenvalue weighted by Crippen LogP contribution is -2.52. The second kappa shape index (κ2) is 14.9. The summed E-state index contributed by atoms with van der Waals surface area (Å²) in [5, 5.41) is 2.96. The van der Waals surface area contributed by atoms with Crippen molar-refractivity contribution in [3.8, 4) is 0 Å². The highest BCUT2D eigenvalue weighted by Crippen LogP contribution is 2.22. The molecule has 42 heavy (non-hydrogen) atoms. The fourth-order valence-electron chi connectivity index (χ4n) is 4.43. The van der Waals surface area contributed by atoms with Crippen molar-refractivity contribution < 1.29 is 31.2 Å². The second-order valence-corrected chi connectivity index (χ2v) is 12.1. The molecule has 1 N–H and O–H groups in total. The van der Waals surface area contributed by atoms with E-state index < -0.39 is 39.4 Å². The highest BCUT2D eigenvalue weighted by molar-refractivity contribution is 7.92. The van der Waals surface area contributed by atoms with Gasteiger partial charge in [-0.2, -0.15) is 0 Å². The molecular formula is C31H36F3N3O4S. The van der Waals surface area contributed by atoms with Crippen LogP contribution in [0, 0.1) is 17.5 Å². The highest BCUT2D eigenvalue weighted by atomic mass is 32.2. The number of benzene rings is 3. The van der Waals surface area contributed by atoms with Crippen molar-refractivity contribution in [3.63, 3.8) is 0 Å². The molecule has 7 nitrogen and oxygen atoms in total. The van der Waals surface area contributed by atoms with Gasteiger partial charge in [-0.25, -0.2) is 21.6 Å². The van der Waals surface area contributed by atoms with E-state index in [2.05, 4.69) is 5.32 Å². The van der Waals surface area contributed by atoms with Gasteiger partial charge in [-0.3, -0.25) is 13.9 Å². The third-order valence-electron chi connectivity index (χ3n) is 6.88. The predicted octanol–water partition coefficient (Wildman–Crippen LogP) is 5.20. The molecule has 0 aliphatic heterocycles. The van der Waals surface area contributed by atoms with Gasteiger partial charge in [0.25, 0.3) is 0 Å². The summed E-state index contributed by atoms with van der Waals surface area (Å²) in [7, 11) is -3.89. The minimum atomic E-state index is -3.89. The molecule has 3 aromatic rings. The number of hydrogen-bond acceptors (Lipinski definition) is 4. The molecule has 0 saturated heterocycles. The van der Waals surface area contributed by atoms with E-state index in [1.54, 1.807) is 0 Å². The van der Waals surface area contributed by atoms with Crippen molar-refractivity contribution in [2.75, 3.05) is 17.1 Å². The number of hydrogen-bond donors (Lipinski definition) is 1. The van der Waals surface area contributed by atoms with Crippen LogP contribution in [0.4, 0.5) is 18.9 Å². The number of halogens is 3. The topological polar surface area (TPSA) is 86.8 Å². The molecule has 0 spiro atoms. The second-order valence-electron chi connectivity index (χ2n) is 10.2. The monoisotopic (exact) mass is 603 g/mol. The zero-order chi connectivity index (χ0) is 30.9. The molecule has 226 valence electrons. The Labute approximate surface area is 245 Å². The lowest BCUT2D eigenvalue weighted by molar-refractivity contribution is -0.141. The largest absolute Gasteiger partial charge is 0.352 e. The van der Waals surface area contributed by atoms with Crippen LogP contribution in [0.2, 0.25) is 0 Å². The molecule has 3 aromatic carbocycles. The molecule has 0 aromatic heterocycles. The summed E-state index contributed by atoms with van der Waals surface area (Å²) < 4.78 is 66.8. The van der Waals surface area contributed by atoms with Crippen LogP contribution in [-0.4, -0.2) is 50.0 Å². The molecule has 2 amide bonds. The lowest BCUT2D eigenvalue weighted by Gasteiger charge is -2.32. The Hall–Kier alpha value is -3.86. The number of rotatable bonds is 14. The molecule has 0 unspecified atom stereocenters. The van der Waals surface area contributed by atoms with Crippen LogP contribution < -0.4 is 9.62 Å². The SMILES string of the molecule is CC[C@H](C)NC(=O)[C@H](Cc1ccccc1)N(Cc1ccc(F)cc1)C(=O)CCCN(c1ccc(F)c(F)c1)S(C)(=O)=O. The lowest BCUT2D eigenvalue weighted by atomic mass is 10.0. The Balaban J connectivity index is 1.89. The summed E-state index contributed by atoms with van der Waals surface area (Å²) >= 11 is 0. The third-order valence-corrected chi connectivity index (χ3v) is 8.08. The van der Waals surface area contributed by atoms with Gasteiger partial charge in [0, 0.05) is 38.0 Å². The summed E-state index contributed by atoms with van der Waals surface area (Å²) in [6, 6.07) is 16.6. The van der Waals surface area contributed by atoms with Gasteiger partial charge in [0.2, 0.25) is 21.8 Å². The number of nitrogens with one attached hydrogen (secondary N) is 1. The van der Waals surface area contributed by atoms with Crippen LogP contribution in [0.5, 0.6) is 0 Å². The first-order chi connectivity index (χ1) is 19.9. The van der Waals surface area contributed by atoms with Gasteiger partial charge in [0.15, 0.2) is 11.6 Å². The zero-order valence-corrected chi connectivity index (χ0v) is 24.7. The van der Waals surface area contributed by atoms with E-state index in [0.29, 0.717) is 12.0 Å². The normalized spacial score (nSPS) is 12.8. The Bertz CT molecular complexity index is 1450. The molecule has 0 fully saturated rings. The van der Waals surface area contributed by atoms with Crippen molar-refractivity contribution in [2.45, 2.75) is 58.2 Å². The molecule has 0 bridgehead atoms. The van der Waals surface area contributed by atoms with E-state index >= 15 is 0 Å². The third kappa shape index (κ3) is 9.34. The van der Waals surface area contributed by atoms with Crippen molar-refractivity contribution in [2.24, 2.45) is 0 Å². The van der Waals surface area contributed by atoms with E-state index in [1.807, 2.05) is 44.2 Å². The fourth-order valence-corrected chi connectivity index (χ4v) is 5.38. The first-order valence-electron chi connectivity index (χ1n) is 13.7. The van der Waals surface area contributed by atoms with Gasteiger partial charge >= 0.3 is 0 Å². The summed E-state index contributed by atoms with van der Waals surface area (Å²) in [5.41, 5.74) is 1.38. The Morgan fingerprint density at radius 2 is 1.57 bits per heavy atom. The average molecular weight is 604 g/mol. The molecule has 0 aliphatic carbocycles. The maximum Gasteiger partial charge on any atom is 0.243 e. The van der Waals surface area contributed by atoms with E-state index in [0.717, 1.165) is 34.3 Å². The number of carbonyl (C=O) groups is 2. The number of sulfonamides is 1. The Kier molecular flexibility index (Phi) is 11.6. The van der Waals surface area contributed by atoms with Crippen LogP contribution in [-0.2, 0) is 32.6 Å². The Morgan fingerprint density at radius 3 is 2.17 bits per heavy atom. The maximum atomic E-state index is 13.9. The minimum Gasteiger partial charge on any atom is -0.352 e. The molecule has 0 radical (unpaired) electrons. The smallest absolute Gasteiger partial charge is 0.243 e. The van der Waals surface area contributed by atoms with E-state index in [4.69, 9.17) is 0 Å². The summed E-state index contributed by atoms with van der Waals surface area (Å²) in [4.78, 5) is 28.7. The van der Waals surface area contributed by atoms with Crippen molar-refractivity contribution >= 4 is 27.5 Å². The molecule has 3 rings (SSSR count). The van der Waals surface area contributed by atoms with Crippen molar-refractivity contribution in [1.29, 1.82) is 0 Å². The van der Waals surface area contributed by atoms with Crippen LogP contribution in [0.15, 0.2) is 72.8 Å². The molecule has 0 saturated carbocycles. The minimum absolute atomic E-state index is 0.0174. The molecule has 11 heteroatoms. The van der Waals surface area contributed by atoms with Gasteiger partial charge < -0.3 is 10.2 Å². The predicted molar refractivity (Wildman–Crippen MR) is 157 cm³/mol. The van der Waals surface area contributed by atoms with Gasteiger partial charge in [-0.05, 0) is 55.2 Å². The number of carbonyl (C=O) groups excluding carboxylic acids is 2. The van der Waals surface area contributed by atoms with E-state index in [-0.39, 0.29) is 50.0 Å². The van der Waals surface area contributed by atoms with Gasteiger partial charge in [-0.1, -0.05) is 49.4 Å². The number of anilines is 1.